The standard InChI is InChI=1S/C22H40O6/c23-15-11-7-3-1-5-9-13-19(17-21(25)26)20(18-22(27)28)14-10-6-2-4-8-12-16-24/h23-24H,1-18H2,(H,25,26)(H,27,28). The van der Waals surface area contributed by atoms with Crippen LogP contribution in [0.15, 0.2) is 11.1 Å². The van der Waals surface area contributed by atoms with Crippen LogP contribution in [-0.4, -0.2) is 45.6 Å². The fraction of sp³-hybridized carbons (Fsp3) is 0.818. The van der Waals surface area contributed by atoms with Gasteiger partial charge in [0.2, 0.25) is 0 Å². The Hall–Kier alpha value is -1.40. The van der Waals surface area contributed by atoms with Crippen LogP contribution in [0, 0.1) is 0 Å². The van der Waals surface area contributed by atoms with Crippen LogP contribution in [0.5, 0.6) is 0 Å². The Morgan fingerprint density at radius 1 is 0.464 bits per heavy atom. The van der Waals surface area contributed by atoms with Gasteiger partial charge in [-0.05, 0) is 38.5 Å². The summed E-state index contributed by atoms with van der Waals surface area (Å²) in [6, 6.07) is 0. The van der Waals surface area contributed by atoms with Gasteiger partial charge in [0.05, 0.1) is 12.8 Å². The fourth-order valence-electron chi connectivity index (χ4n) is 3.46. The van der Waals surface area contributed by atoms with Crippen LogP contribution >= 0.6 is 0 Å². The molecule has 0 fully saturated rings. The number of carboxylic acid groups (broad SMARTS) is 2. The van der Waals surface area contributed by atoms with E-state index < -0.39 is 11.9 Å². The summed E-state index contributed by atoms with van der Waals surface area (Å²) in [5.74, 6) is -1.80. The van der Waals surface area contributed by atoms with Gasteiger partial charge < -0.3 is 20.4 Å². The lowest BCUT2D eigenvalue weighted by Crippen LogP contribution is -2.06. The topological polar surface area (TPSA) is 115 Å². The summed E-state index contributed by atoms with van der Waals surface area (Å²) >= 11 is 0. The van der Waals surface area contributed by atoms with Gasteiger partial charge in [-0.1, -0.05) is 62.5 Å². The second kappa shape index (κ2) is 18.9. The number of hydrogen-bond acceptors (Lipinski definition) is 4. The largest absolute Gasteiger partial charge is 0.481 e. The predicted octanol–water partition coefficient (Wildman–Crippen LogP) is 4.68. The summed E-state index contributed by atoms with van der Waals surface area (Å²) in [7, 11) is 0. The summed E-state index contributed by atoms with van der Waals surface area (Å²) in [5, 5.41) is 36.0. The molecule has 0 aliphatic carbocycles. The van der Waals surface area contributed by atoms with Crippen molar-refractivity contribution < 1.29 is 30.0 Å². The highest BCUT2D eigenvalue weighted by Crippen LogP contribution is 2.25. The highest BCUT2D eigenvalue weighted by atomic mass is 16.4. The Labute approximate surface area is 169 Å². The van der Waals surface area contributed by atoms with E-state index in [0.717, 1.165) is 88.2 Å². The molecule has 0 amide bonds. The molecule has 0 unspecified atom stereocenters. The molecule has 6 nitrogen and oxygen atoms in total. The Bertz CT molecular complexity index is 404. The summed E-state index contributed by atoms with van der Waals surface area (Å²) in [4.78, 5) is 22.5. The highest BCUT2D eigenvalue weighted by Gasteiger charge is 2.14. The van der Waals surface area contributed by atoms with Crippen LogP contribution in [-0.2, 0) is 9.59 Å². The molecule has 0 aromatic heterocycles. The molecule has 4 N–H and O–H groups in total. The third kappa shape index (κ3) is 16.8. The molecule has 0 aliphatic rings. The minimum Gasteiger partial charge on any atom is -0.481 e. The van der Waals surface area contributed by atoms with Gasteiger partial charge in [0.15, 0.2) is 0 Å². The first-order valence-corrected chi connectivity index (χ1v) is 10.9. The van der Waals surface area contributed by atoms with Gasteiger partial charge in [0.25, 0.3) is 0 Å². The first-order chi connectivity index (χ1) is 13.5. The molecule has 0 bridgehead atoms. The minimum absolute atomic E-state index is 0.0658. The van der Waals surface area contributed by atoms with Gasteiger partial charge in [-0.25, -0.2) is 0 Å². The van der Waals surface area contributed by atoms with Crippen LogP contribution in [0.1, 0.15) is 103 Å². The third-order valence-electron chi connectivity index (χ3n) is 5.00. The lowest BCUT2D eigenvalue weighted by atomic mass is 9.92. The number of rotatable bonds is 20. The van der Waals surface area contributed by atoms with Gasteiger partial charge in [-0.15, -0.1) is 0 Å². The molecule has 0 rings (SSSR count). The van der Waals surface area contributed by atoms with Crippen LogP contribution < -0.4 is 0 Å². The van der Waals surface area contributed by atoms with Crippen LogP contribution in [0.4, 0.5) is 0 Å². The molecule has 0 saturated heterocycles. The van der Waals surface area contributed by atoms with Gasteiger partial charge in [-0.3, -0.25) is 9.59 Å². The SMILES string of the molecule is O=C(O)CC(CCCCCCCCO)=C(CCCCCCCCO)CC(=O)O. The zero-order valence-corrected chi connectivity index (χ0v) is 17.3. The Balaban J connectivity index is 4.56. The number of hydrogen-bond donors (Lipinski definition) is 4. The molecule has 0 aromatic carbocycles. The van der Waals surface area contributed by atoms with E-state index in [1.165, 1.54) is 0 Å². The van der Waals surface area contributed by atoms with Gasteiger partial charge in [0.1, 0.15) is 0 Å². The monoisotopic (exact) mass is 400 g/mol. The van der Waals surface area contributed by atoms with Crippen LogP contribution in [0.25, 0.3) is 0 Å². The summed E-state index contributed by atoms with van der Waals surface area (Å²) in [6.45, 7) is 0.455. The molecular formula is C22H40O6. The van der Waals surface area contributed by atoms with E-state index in [1.807, 2.05) is 0 Å². The van der Waals surface area contributed by atoms with Crippen molar-refractivity contribution in [2.45, 2.75) is 103 Å². The number of aliphatic hydroxyl groups is 2. The molecule has 28 heavy (non-hydrogen) atoms. The average molecular weight is 401 g/mol. The first-order valence-electron chi connectivity index (χ1n) is 10.9. The molecule has 0 heterocycles. The predicted molar refractivity (Wildman–Crippen MR) is 110 cm³/mol. The molecular weight excluding hydrogens is 360 g/mol. The van der Waals surface area contributed by atoms with E-state index in [2.05, 4.69) is 0 Å². The third-order valence-corrected chi connectivity index (χ3v) is 5.00. The molecule has 6 heteroatoms. The van der Waals surface area contributed by atoms with E-state index in [0.29, 0.717) is 12.8 Å². The molecule has 0 radical (unpaired) electrons. The van der Waals surface area contributed by atoms with Crippen molar-refractivity contribution in [2.75, 3.05) is 13.2 Å². The van der Waals surface area contributed by atoms with Crippen LogP contribution in [0.3, 0.4) is 0 Å². The molecule has 0 aliphatic heterocycles. The number of carbonyl (C=O) groups is 2. The van der Waals surface area contributed by atoms with Crippen LogP contribution in [0.2, 0.25) is 0 Å². The maximum absolute atomic E-state index is 11.3. The molecule has 0 aromatic rings. The number of unbranched alkanes of at least 4 members (excludes halogenated alkanes) is 10. The summed E-state index contributed by atoms with van der Waals surface area (Å²) in [5.41, 5.74) is 1.59. The highest BCUT2D eigenvalue weighted by molar-refractivity contribution is 5.73. The van der Waals surface area contributed by atoms with Crippen molar-refractivity contribution in [3.63, 3.8) is 0 Å². The quantitative estimate of drug-likeness (QED) is 0.174. The van der Waals surface area contributed by atoms with E-state index in [-0.39, 0.29) is 26.1 Å². The van der Waals surface area contributed by atoms with Crippen molar-refractivity contribution in [1.82, 2.24) is 0 Å². The normalized spacial score (nSPS) is 12.1. The van der Waals surface area contributed by atoms with Gasteiger partial charge >= 0.3 is 11.9 Å². The number of aliphatic carboxylic acids is 2. The van der Waals surface area contributed by atoms with Crippen molar-refractivity contribution in [3.05, 3.63) is 11.1 Å². The Kier molecular flexibility index (Phi) is 18.0. The maximum Gasteiger partial charge on any atom is 0.307 e. The van der Waals surface area contributed by atoms with E-state index in [9.17, 15) is 19.8 Å². The number of carboxylic acids is 2. The zero-order valence-electron chi connectivity index (χ0n) is 17.3. The van der Waals surface area contributed by atoms with Crippen molar-refractivity contribution in [3.8, 4) is 0 Å². The fourth-order valence-corrected chi connectivity index (χ4v) is 3.46. The minimum atomic E-state index is -0.898. The lowest BCUT2D eigenvalue weighted by Gasteiger charge is -2.14. The zero-order chi connectivity index (χ0) is 21.0. The van der Waals surface area contributed by atoms with Crippen molar-refractivity contribution in [1.29, 1.82) is 0 Å². The van der Waals surface area contributed by atoms with Crippen molar-refractivity contribution in [2.24, 2.45) is 0 Å². The Morgan fingerprint density at radius 2 is 0.750 bits per heavy atom. The summed E-state index contributed by atoms with van der Waals surface area (Å²) < 4.78 is 0. The second-order valence-electron chi connectivity index (χ2n) is 7.54. The van der Waals surface area contributed by atoms with Gasteiger partial charge in [0, 0.05) is 13.2 Å². The molecule has 0 saturated carbocycles. The lowest BCUT2D eigenvalue weighted by molar-refractivity contribution is -0.137. The number of aliphatic hydroxyl groups excluding tert-OH is 2. The molecule has 0 atom stereocenters. The van der Waals surface area contributed by atoms with E-state index >= 15 is 0 Å². The van der Waals surface area contributed by atoms with E-state index in [4.69, 9.17) is 10.2 Å². The average Bonchev–Trinajstić information content (AvgIpc) is 2.64. The summed E-state index contributed by atoms with van der Waals surface area (Å²) in [6.07, 6.45) is 12.9. The molecule has 164 valence electrons. The van der Waals surface area contributed by atoms with Crippen molar-refractivity contribution >= 4 is 11.9 Å². The first kappa shape index (κ1) is 26.6. The Morgan fingerprint density at radius 3 is 1.04 bits per heavy atom. The maximum atomic E-state index is 11.3. The van der Waals surface area contributed by atoms with Gasteiger partial charge in [-0.2, -0.15) is 0 Å². The second-order valence-corrected chi connectivity index (χ2v) is 7.54. The molecule has 0 spiro atoms. The smallest absolute Gasteiger partial charge is 0.307 e. The van der Waals surface area contributed by atoms with E-state index in [1.54, 1.807) is 0 Å².